The number of nitrogens with one attached hydrogen (secondary N) is 1. The van der Waals surface area contributed by atoms with Crippen molar-refractivity contribution >= 4 is 15.9 Å². The van der Waals surface area contributed by atoms with Gasteiger partial charge in [0, 0.05) is 19.0 Å². The van der Waals surface area contributed by atoms with Gasteiger partial charge in [-0.1, -0.05) is 19.1 Å². The molecule has 9 heteroatoms. The molecule has 0 unspecified atom stereocenters. The Hall–Kier alpha value is -1.61. The van der Waals surface area contributed by atoms with Gasteiger partial charge in [0.2, 0.25) is 15.9 Å². The standard InChI is InChI=1S/C16H21F3N2O3S/c1-2-12-3-5-14(6-4-12)25(23,24)21-9-7-13(8-10-21)15(22)20-11-16(17,18)19/h3-6,13H,2,7-11H2,1H3,(H,20,22). The number of aryl methyl sites for hydroxylation is 1. The Morgan fingerprint density at radius 1 is 1.20 bits per heavy atom. The molecule has 1 aromatic rings. The highest BCUT2D eigenvalue weighted by Gasteiger charge is 2.34. The number of hydrogen-bond acceptors (Lipinski definition) is 3. The number of halogens is 3. The minimum absolute atomic E-state index is 0.113. The molecule has 0 atom stereocenters. The molecular formula is C16H21F3N2O3S. The highest BCUT2D eigenvalue weighted by Crippen LogP contribution is 2.24. The smallest absolute Gasteiger partial charge is 0.347 e. The molecule has 140 valence electrons. The van der Waals surface area contributed by atoms with E-state index in [9.17, 15) is 26.4 Å². The third-order valence-electron chi connectivity index (χ3n) is 4.26. The minimum Gasteiger partial charge on any atom is -0.347 e. The van der Waals surface area contributed by atoms with Crippen molar-refractivity contribution in [2.75, 3.05) is 19.6 Å². The molecular weight excluding hydrogens is 357 g/mol. The molecule has 1 saturated heterocycles. The topological polar surface area (TPSA) is 66.5 Å². The minimum atomic E-state index is -4.45. The van der Waals surface area contributed by atoms with Gasteiger partial charge in [0.05, 0.1) is 4.90 Å². The number of hydrogen-bond donors (Lipinski definition) is 1. The number of benzene rings is 1. The quantitative estimate of drug-likeness (QED) is 0.855. The van der Waals surface area contributed by atoms with Gasteiger partial charge in [-0.3, -0.25) is 4.79 Å². The second-order valence-corrected chi connectivity index (χ2v) is 7.95. The molecule has 0 aliphatic carbocycles. The van der Waals surface area contributed by atoms with Gasteiger partial charge in [-0.15, -0.1) is 0 Å². The molecule has 0 spiro atoms. The van der Waals surface area contributed by atoms with Crippen molar-refractivity contribution in [2.24, 2.45) is 5.92 Å². The Labute approximate surface area is 145 Å². The summed E-state index contributed by atoms with van der Waals surface area (Å²) in [6, 6.07) is 6.61. The third kappa shape index (κ3) is 5.18. The van der Waals surface area contributed by atoms with Crippen LogP contribution in [0.5, 0.6) is 0 Å². The maximum atomic E-state index is 12.6. The SMILES string of the molecule is CCc1ccc(S(=O)(=O)N2CCC(C(=O)NCC(F)(F)F)CC2)cc1. The van der Waals surface area contributed by atoms with Gasteiger partial charge >= 0.3 is 6.18 Å². The second kappa shape index (κ2) is 7.74. The monoisotopic (exact) mass is 378 g/mol. The average Bonchev–Trinajstić information content (AvgIpc) is 2.59. The van der Waals surface area contributed by atoms with Crippen molar-refractivity contribution in [1.82, 2.24) is 9.62 Å². The maximum absolute atomic E-state index is 12.6. The molecule has 0 aromatic heterocycles. The van der Waals surface area contributed by atoms with E-state index >= 15 is 0 Å². The van der Waals surface area contributed by atoms with Crippen LogP contribution in [-0.2, 0) is 21.2 Å². The maximum Gasteiger partial charge on any atom is 0.405 e. The van der Waals surface area contributed by atoms with Crippen molar-refractivity contribution in [1.29, 1.82) is 0 Å². The summed E-state index contributed by atoms with van der Waals surface area (Å²) in [6.07, 6.45) is -3.24. The Kier molecular flexibility index (Phi) is 6.10. The largest absolute Gasteiger partial charge is 0.405 e. The predicted molar refractivity (Wildman–Crippen MR) is 86.4 cm³/mol. The lowest BCUT2D eigenvalue weighted by molar-refractivity contribution is -0.141. The van der Waals surface area contributed by atoms with Crippen LogP contribution in [0, 0.1) is 5.92 Å². The number of amides is 1. The van der Waals surface area contributed by atoms with Crippen LogP contribution in [0.15, 0.2) is 29.2 Å². The van der Waals surface area contributed by atoms with Gasteiger partial charge in [0.15, 0.2) is 0 Å². The van der Waals surface area contributed by atoms with E-state index in [2.05, 4.69) is 0 Å². The van der Waals surface area contributed by atoms with Gasteiger partial charge in [0.1, 0.15) is 6.54 Å². The molecule has 5 nitrogen and oxygen atoms in total. The molecule has 0 bridgehead atoms. The summed E-state index contributed by atoms with van der Waals surface area (Å²) < 4.78 is 62.9. The summed E-state index contributed by atoms with van der Waals surface area (Å²) in [5.74, 6) is -1.28. The highest BCUT2D eigenvalue weighted by atomic mass is 32.2. The second-order valence-electron chi connectivity index (χ2n) is 6.01. The average molecular weight is 378 g/mol. The van der Waals surface area contributed by atoms with Crippen LogP contribution in [0.4, 0.5) is 13.2 Å². The van der Waals surface area contributed by atoms with Crippen LogP contribution in [0.3, 0.4) is 0 Å². The molecule has 25 heavy (non-hydrogen) atoms. The van der Waals surface area contributed by atoms with Gasteiger partial charge in [-0.2, -0.15) is 17.5 Å². The van der Waals surface area contributed by atoms with Crippen LogP contribution >= 0.6 is 0 Å². The molecule has 1 aromatic carbocycles. The van der Waals surface area contributed by atoms with E-state index in [1.54, 1.807) is 24.3 Å². The first-order chi connectivity index (χ1) is 11.6. The van der Waals surface area contributed by atoms with Crippen molar-refractivity contribution in [3.05, 3.63) is 29.8 Å². The summed E-state index contributed by atoms with van der Waals surface area (Å²) >= 11 is 0. The molecule has 1 fully saturated rings. The molecule has 1 heterocycles. The first-order valence-electron chi connectivity index (χ1n) is 8.07. The van der Waals surface area contributed by atoms with E-state index in [0.717, 1.165) is 12.0 Å². The summed E-state index contributed by atoms with van der Waals surface area (Å²) in [6.45, 7) is 0.830. The fourth-order valence-corrected chi connectivity index (χ4v) is 4.21. The Bertz CT molecular complexity index is 694. The number of rotatable bonds is 5. The number of carbonyl (C=O) groups excluding carboxylic acids is 1. The van der Waals surface area contributed by atoms with Crippen LogP contribution in [0.2, 0.25) is 0 Å². The third-order valence-corrected chi connectivity index (χ3v) is 6.17. The highest BCUT2D eigenvalue weighted by molar-refractivity contribution is 7.89. The van der Waals surface area contributed by atoms with Crippen molar-refractivity contribution in [2.45, 2.75) is 37.3 Å². The van der Waals surface area contributed by atoms with E-state index in [4.69, 9.17) is 0 Å². The van der Waals surface area contributed by atoms with Crippen LogP contribution in [0.25, 0.3) is 0 Å². The first-order valence-corrected chi connectivity index (χ1v) is 9.51. The zero-order valence-corrected chi connectivity index (χ0v) is 14.7. The van der Waals surface area contributed by atoms with E-state index in [0.29, 0.717) is 0 Å². The fraction of sp³-hybridized carbons (Fsp3) is 0.562. The van der Waals surface area contributed by atoms with Crippen LogP contribution < -0.4 is 5.32 Å². The van der Waals surface area contributed by atoms with Gasteiger partial charge < -0.3 is 5.32 Å². The number of sulfonamides is 1. The molecule has 1 amide bonds. The summed E-state index contributed by atoms with van der Waals surface area (Å²) in [4.78, 5) is 11.9. The Morgan fingerprint density at radius 3 is 2.24 bits per heavy atom. The molecule has 0 radical (unpaired) electrons. The van der Waals surface area contributed by atoms with E-state index in [1.807, 2.05) is 12.2 Å². The molecule has 1 aliphatic heterocycles. The molecule has 1 aliphatic rings. The van der Waals surface area contributed by atoms with Crippen molar-refractivity contribution < 1.29 is 26.4 Å². The lowest BCUT2D eigenvalue weighted by atomic mass is 9.97. The number of nitrogens with zero attached hydrogens (tertiary/aromatic N) is 1. The van der Waals surface area contributed by atoms with Crippen molar-refractivity contribution in [3.8, 4) is 0 Å². The Balaban J connectivity index is 1.95. The van der Waals surface area contributed by atoms with Gasteiger partial charge in [-0.05, 0) is 37.0 Å². The molecule has 2 rings (SSSR count). The zero-order chi connectivity index (χ0) is 18.7. The normalized spacial score (nSPS) is 17.4. The van der Waals surface area contributed by atoms with E-state index in [1.165, 1.54) is 4.31 Å². The van der Waals surface area contributed by atoms with E-state index < -0.39 is 34.6 Å². The van der Waals surface area contributed by atoms with E-state index in [-0.39, 0.29) is 30.8 Å². The molecule has 1 N–H and O–H groups in total. The van der Waals surface area contributed by atoms with Crippen LogP contribution in [0.1, 0.15) is 25.3 Å². The van der Waals surface area contributed by atoms with Gasteiger partial charge in [0.25, 0.3) is 0 Å². The number of carbonyl (C=O) groups is 1. The van der Waals surface area contributed by atoms with Crippen LogP contribution in [-0.4, -0.2) is 44.4 Å². The van der Waals surface area contributed by atoms with Gasteiger partial charge in [-0.25, -0.2) is 8.42 Å². The number of alkyl halides is 3. The summed E-state index contributed by atoms with van der Waals surface area (Å²) in [5, 5.41) is 1.86. The Morgan fingerprint density at radius 2 is 1.76 bits per heavy atom. The first kappa shape index (κ1) is 19.7. The fourth-order valence-electron chi connectivity index (χ4n) is 2.74. The lowest BCUT2D eigenvalue weighted by Gasteiger charge is -2.30. The zero-order valence-electron chi connectivity index (χ0n) is 13.8. The number of piperidine rings is 1. The lowest BCUT2D eigenvalue weighted by Crippen LogP contribution is -2.44. The predicted octanol–water partition coefficient (Wildman–Crippen LogP) is 2.33. The summed E-state index contributed by atoms with van der Waals surface area (Å²) in [7, 11) is -3.65. The molecule has 0 saturated carbocycles. The van der Waals surface area contributed by atoms with Crippen molar-refractivity contribution in [3.63, 3.8) is 0 Å². The summed E-state index contributed by atoms with van der Waals surface area (Å²) in [5.41, 5.74) is 1.03.